The topological polar surface area (TPSA) is 17.8 Å². The van der Waals surface area contributed by atoms with Crippen LogP contribution in [0.5, 0.6) is 0 Å². The molecule has 0 aliphatic carbocycles. The molecule has 0 bridgehead atoms. The molecule has 0 fully saturated rings. The third-order valence-corrected chi connectivity index (χ3v) is 2.50. The average Bonchev–Trinajstić information content (AvgIpc) is 2.60. The van der Waals surface area contributed by atoms with E-state index >= 15 is 0 Å². The number of para-hydroxylation sites is 1. The van der Waals surface area contributed by atoms with E-state index in [1.165, 1.54) is 16.9 Å². The van der Waals surface area contributed by atoms with Gasteiger partial charge in [-0.2, -0.15) is 5.10 Å². The predicted molar refractivity (Wildman–Crippen MR) is 51.1 cm³/mol. The van der Waals surface area contributed by atoms with Crippen LogP contribution in [0.1, 0.15) is 17.0 Å². The van der Waals surface area contributed by atoms with Crippen molar-refractivity contribution in [3.63, 3.8) is 0 Å². The molecule has 13 heavy (non-hydrogen) atoms. The van der Waals surface area contributed by atoms with Gasteiger partial charge in [0.1, 0.15) is 0 Å². The molecule has 2 heteroatoms. The van der Waals surface area contributed by atoms with Gasteiger partial charge in [0.25, 0.3) is 0 Å². The van der Waals surface area contributed by atoms with Gasteiger partial charge in [-0.1, -0.05) is 18.2 Å². The molecule has 0 radical (unpaired) electrons. The Morgan fingerprint density at radius 1 is 1.31 bits per heavy atom. The highest BCUT2D eigenvalue weighted by atomic mass is 15.3. The minimum Gasteiger partial charge on any atom is -0.237 e. The van der Waals surface area contributed by atoms with Crippen molar-refractivity contribution in [1.82, 2.24) is 9.78 Å². The number of aromatic nitrogens is 2. The lowest BCUT2D eigenvalue weighted by Gasteiger charge is -1.98. The number of fused-ring (bicyclic) bond motifs is 3. The quantitative estimate of drug-likeness (QED) is 0.505. The number of nitrogens with zero attached hydrogens (tertiary/aromatic N) is 2. The van der Waals surface area contributed by atoms with Crippen LogP contribution in [0.4, 0.5) is 0 Å². The van der Waals surface area contributed by atoms with Crippen LogP contribution in [0.15, 0.2) is 30.3 Å². The molecule has 1 aliphatic heterocycles. The normalized spacial score (nSPS) is 12.7. The maximum absolute atomic E-state index is 4.45. The first-order chi connectivity index (χ1) is 6.34. The van der Waals surface area contributed by atoms with Crippen LogP contribution in [-0.2, 0) is 6.42 Å². The summed E-state index contributed by atoms with van der Waals surface area (Å²) in [7, 11) is 0. The molecule has 2 nitrogen and oxygen atoms in total. The van der Waals surface area contributed by atoms with Crippen LogP contribution >= 0.6 is 0 Å². The summed E-state index contributed by atoms with van der Waals surface area (Å²) in [4.78, 5) is 0. The van der Waals surface area contributed by atoms with E-state index in [2.05, 4.69) is 35.4 Å². The second-order valence-corrected chi connectivity index (χ2v) is 3.49. The van der Waals surface area contributed by atoms with Crippen molar-refractivity contribution in [2.75, 3.05) is 0 Å². The monoisotopic (exact) mass is 170 g/mol. The smallest absolute Gasteiger partial charge is 0.0684 e. The Morgan fingerprint density at radius 2 is 2.15 bits per heavy atom. The van der Waals surface area contributed by atoms with E-state index in [0.717, 1.165) is 12.1 Å². The van der Waals surface area contributed by atoms with Crippen molar-refractivity contribution in [3.8, 4) is 5.69 Å². The van der Waals surface area contributed by atoms with Crippen LogP contribution < -0.4 is 0 Å². The summed E-state index contributed by atoms with van der Waals surface area (Å²) in [5, 5.41) is 4.45. The Bertz CT molecular complexity index is 469. The van der Waals surface area contributed by atoms with Gasteiger partial charge in [-0.25, -0.2) is 4.68 Å². The largest absolute Gasteiger partial charge is 0.237 e. The first kappa shape index (κ1) is 6.89. The van der Waals surface area contributed by atoms with Crippen molar-refractivity contribution in [2.45, 2.75) is 13.3 Å². The summed E-state index contributed by atoms with van der Waals surface area (Å²) >= 11 is 0. The van der Waals surface area contributed by atoms with Gasteiger partial charge in [0.15, 0.2) is 0 Å². The minimum atomic E-state index is 1.02. The first-order valence-corrected chi connectivity index (χ1v) is 4.48. The molecule has 1 aliphatic rings. The van der Waals surface area contributed by atoms with Crippen molar-refractivity contribution in [1.29, 1.82) is 0 Å². The fraction of sp³-hybridized carbons (Fsp3) is 0.182. The van der Waals surface area contributed by atoms with Gasteiger partial charge in [0.2, 0.25) is 0 Å². The SMILES string of the molecule is Cc1cc2n(n1)-c1ccccc1C2. The van der Waals surface area contributed by atoms with Gasteiger partial charge >= 0.3 is 0 Å². The van der Waals surface area contributed by atoms with Gasteiger partial charge in [0, 0.05) is 12.1 Å². The lowest BCUT2D eigenvalue weighted by molar-refractivity contribution is 0.855. The summed E-state index contributed by atoms with van der Waals surface area (Å²) in [5.41, 5.74) is 5.03. The number of benzene rings is 1. The molecule has 0 unspecified atom stereocenters. The molecular formula is C11H10N2. The molecule has 64 valence electrons. The van der Waals surface area contributed by atoms with Crippen LogP contribution in [0, 0.1) is 6.92 Å². The van der Waals surface area contributed by atoms with Gasteiger partial charge in [-0.3, -0.25) is 0 Å². The van der Waals surface area contributed by atoms with E-state index < -0.39 is 0 Å². The highest BCUT2D eigenvalue weighted by Gasteiger charge is 2.18. The third kappa shape index (κ3) is 0.856. The second-order valence-electron chi connectivity index (χ2n) is 3.49. The summed E-state index contributed by atoms with van der Waals surface area (Å²) in [5.74, 6) is 0. The van der Waals surface area contributed by atoms with E-state index in [0.29, 0.717) is 0 Å². The highest BCUT2D eigenvalue weighted by molar-refractivity contribution is 5.49. The molecule has 2 heterocycles. The predicted octanol–water partition coefficient (Wildman–Crippen LogP) is 2.08. The second kappa shape index (κ2) is 2.22. The summed E-state index contributed by atoms with van der Waals surface area (Å²) < 4.78 is 2.05. The molecule has 1 aromatic carbocycles. The zero-order valence-corrected chi connectivity index (χ0v) is 7.49. The number of hydrogen-bond acceptors (Lipinski definition) is 1. The Kier molecular flexibility index (Phi) is 1.18. The van der Waals surface area contributed by atoms with E-state index in [4.69, 9.17) is 0 Å². The maximum Gasteiger partial charge on any atom is 0.0684 e. The fourth-order valence-electron chi connectivity index (χ4n) is 1.95. The first-order valence-electron chi connectivity index (χ1n) is 4.48. The van der Waals surface area contributed by atoms with E-state index in [-0.39, 0.29) is 0 Å². The Morgan fingerprint density at radius 3 is 3.08 bits per heavy atom. The number of aryl methyl sites for hydroxylation is 1. The van der Waals surface area contributed by atoms with Crippen molar-refractivity contribution in [2.24, 2.45) is 0 Å². The molecular weight excluding hydrogens is 160 g/mol. The molecule has 0 saturated heterocycles. The number of hydrogen-bond donors (Lipinski definition) is 0. The molecule has 2 aromatic rings. The van der Waals surface area contributed by atoms with Gasteiger partial charge in [0.05, 0.1) is 11.4 Å². The third-order valence-electron chi connectivity index (χ3n) is 2.50. The fourth-order valence-corrected chi connectivity index (χ4v) is 1.95. The highest BCUT2D eigenvalue weighted by Crippen LogP contribution is 2.26. The Labute approximate surface area is 76.8 Å². The van der Waals surface area contributed by atoms with Crippen LogP contribution in [0.2, 0.25) is 0 Å². The minimum absolute atomic E-state index is 1.02. The lowest BCUT2D eigenvalue weighted by Crippen LogP contribution is -1.93. The zero-order valence-electron chi connectivity index (χ0n) is 7.49. The average molecular weight is 170 g/mol. The van der Waals surface area contributed by atoms with Crippen molar-refractivity contribution in [3.05, 3.63) is 47.3 Å². The molecule has 0 spiro atoms. The van der Waals surface area contributed by atoms with E-state index in [1.807, 2.05) is 11.6 Å². The molecule has 0 N–H and O–H groups in total. The number of rotatable bonds is 0. The summed E-state index contributed by atoms with van der Waals surface area (Å²) in [6, 6.07) is 10.6. The van der Waals surface area contributed by atoms with Crippen LogP contribution in [0.3, 0.4) is 0 Å². The van der Waals surface area contributed by atoms with Gasteiger partial charge in [-0.05, 0) is 24.6 Å². The molecule has 0 amide bonds. The van der Waals surface area contributed by atoms with Crippen LogP contribution in [-0.4, -0.2) is 9.78 Å². The molecule has 0 atom stereocenters. The standard InChI is InChI=1S/C11H10N2/c1-8-6-10-7-9-4-2-3-5-11(9)13(10)12-8/h2-6H,7H2,1H3. The van der Waals surface area contributed by atoms with Gasteiger partial charge < -0.3 is 0 Å². The summed E-state index contributed by atoms with van der Waals surface area (Å²) in [6.07, 6.45) is 1.02. The lowest BCUT2D eigenvalue weighted by atomic mass is 10.1. The maximum atomic E-state index is 4.45. The van der Waals surface area contributed by atoms with Crippen LogP contribution in [0.25, 0.3) is 5.69 Å². The Balaban J connectivity index is 2.30. The molecule has 3 rings (SSSR count). The Hall–Kier alpha value is -1.57. The van der Waals surface area contributed by atoms with E-state index in [9.17, 15) is 0 Å². The molecule has 1 aromatic heterocycles. The van der Waals surface area contributed by atoms with Crippen molar-refractivity contribution < 1.29 is 0 Å². The van der Waals surface area contributed by atoms with E-state index in [1.54, 1.807) is 0 Å². The van der Waals surface area contributed by atoms with Gasteiger partial charge in [-0.15, -0.1) is 0 Å². The zero-order chi connectivity index (χ0) is 8.84. The molecule has 0 saturated carbocycles. The summed E-state index contributed by atoms with van der Waals surface area (Å²) in [6.45, 7) is 2.04. The van der Waals surface area contributed by atoms with Crippen molar-refractivity contribution >= 4 is 0 Å².